The van der Waals surface area contributed by atoms with E-state index >= 15 is 0 Å². The molecular weight excluding hydrogens is 246 g/mol. The van der Waals surface area contributed by atoms with Crippen LogP contribution in [0, 0.1) is 5.92 Å². The number of hydrogen-bond acceptors (Lipinski definition) is 5. The lowest BCUT2D eigenvalue weighted by molar-refractivity contribution is -0.0779. The van der Waals surface area contributed by atoms with Crippen molar-refractivity contribution < 1.29 is 4.74 Å². The summed E-state index contributed by atoms with van der Waals surface area (Å²) in [6, 6.07) is 0.227. The zero-order chi connectivity index (χ0) is 13.4. The van der Waals surface area contributed by atoms with Crippen LogP contribution in [0.25, 0.3) is 0 Å². The van der Waals surface area contributed by atoms with Gasteiger partial charge in [0.15, 0.2) is 0 Å². The minimum absolute atomic E-state index is 0.0642. The van der Waals surface area contributed by atoms with Gasteiger partial charge in [0.25, 0.3) is 0 Å². The molecule has 1 fully saturated rings. The van der Waals surface area contributed by atoms with Gasteiger partial charge in [0.2, 0.25) is 0 Å². The van der Waals surface area contributed by atoms with Gasteiger partial charge in [-0.1, -0.05) is 6.92 Å². The van der Waals surface area contributed by atoms with E-state index in [2.05, 4.69) is 48.7 Å². The van der Waals surface area contributed by atoms with Crippen molar-refractivity contribution in [3.63, 3.8) is 0 Å². The second-order valence-corrected chi connectivity index (χ2v) is 6.70. The average Bonchev–Trinajstić information content (AvgIpc) is 2.80. The molecule has 1 aromatic heterocycles. The zero-order valence-electron chi connectivity index (χ0n) is 11.9. The Labute approximate surface area is 113 Å². The lowest BCUT2D eigenvalue weighted by Gasteiger charge is -2.32. The van der Waals surface area contributed by atoms with Crippen LogP contribution in [0.1, 0.15) is 52.8 Å². The lowest BCUT2D eigenvalue weighted by Crippen LogP contribution is -2.38. The van der Waals surface area contributed by atoms with Crippen LogP contribution in [0.4, 0.5) is 0 Å². The van der Waals surface area contributed by atoms with E-state index in [0.717, 1.165) is 18.7 Å². The van der Waals surface area contributed by atoms with Gasteiger partial charge in [-0.15, -0.1) is 0 Å². The fourth-order valence-electron chi connectivity index (χ4n) is 3.11. The summed E-state index contributed by atoms with van der Waals surface area (Å²) in [6.07, 6.45) is 2.91. The fourth-order valence-corrected chi connectivity index (χ4v) is 3.56. The average molecular weight is 269 g/mol. The largest absolute Gasteiger partial charge is 0.369 e. The summed E-state index contributed by atoms with van der Waals surface area (Å²) in [4.78, 5) is 0. The van der Waals surface area contributed by atoms with Crippen molar-refractivity contribution in [3.05, 3.63) is 11.9 Å². The second-order valence-electron chi connectivity index (χ2n) is 6.14. The van der Waals surface area contributed by atoms with Gasteiger partial charge in [0.05, 0.1) is 40.9 Å². The van der Waals surface area contributed by atoms with Gasteiger partial charge in [-0.25, -0.2) is 0 Å². The van der Waals surface area contributed by atoms with Gasteiger partial charge in [0.1, 0.15) is 0 Å². The number of aromatic nitrogens is 2. The normalized spacial score (nSPS) is 27.3. The summed E-state index contributed by atoms with van der Waals surface area (Å²) < 4.78 is 14.7. The van der Waals surface area contributed by atoms with Crippen LogP contribution >= 0.6 is 11.7 Å². The van der Waals surface area contributed by atoms with Gasteiger partial charge in [0, 0.05) is 5.92 Å². The lowest BCUT2D eigenvalue weighted by atomic mass is 9.80. The first kappa shape index (κ1) is 13.9. The molecule has 2 unspecified atom stereocenters. The van der Waals surface area contributed by atoms with Gasteiger partial charge < -0.3 is 10.1 Å². The third-order valence-corrected chi connectivity index (χ3v) is 4.16. The predicted molar refractivity (Wildman–Crippen MR) is 73.7 cm³/mol. The number of nitrogens with zero attached hydrogens (tertiary/aromatic N) is 2. The highest BCUT2D eigenvalue weighted by atomic mass is 32.1. The van der Waals surface area contributed by atoms with Crippen LogP contribution in [-0.2, 0) is 4.74 Å². The molecule has 1 saturated heterocycles. The first-order valence-electron chi connectivity index (χ1n) is 6.57. The maximum atomic E-state index is 6.19. The van der Waals surface area contributed by atoms with Crippen LogP contribution in [-0.4, -0.2) is 26.5 Å². The summed E-state index contributed by atoms with van der Waals surface area (Å²) in [6.45, 7) is 11.7. The van der Waals surface area contributed by atoms with E-state index in [-0.39, 0.29) is 17.2 Å². The van der Waals surface area contributed by atoms with Crippen molar-refractivity contribution in [1.82, 2.24) is 14.1 Å². The van der Waals surface area contributed by atoms with Crippen molar-refractivity contribution in [1.29, 1.82) is 0 Å². The van der Waals surface area contributed by atoms with Crippen LogP contribution < -0.4 is 5.32 Å². The Balaban J connectivity index is 2.26. The summed E-state index contributed by atoms with van der Waals surface area (Å²) in [5.41, 5.74) is 0.840. The second kappa shape index (κ2) is 4.87. The minimum Gasteiger partial charge on any atom is -0.369 e. The Hall–Kier alpha value is -0.520. The molecule has 1 aromatic rings. The van der Waals surface area contributed by atoms with E-state index in [0.29, 0.717) is 5.92 Å². The molecule has 5 heteroatoms. The first-order chi connectivity index (χ1) is 8.36. The number of rotatable bonds is 4. The molecule has 0 aliphatic carbocycles. The van der Waals surface area contributed by atoms with Gasteiger partial charge in [-0.2, -0.15) is 8.75 Å². The Kier molecular flexibility index (Phi) is 3.76. The Morgan fingerprint density at radius 1 is 1.50 bits per heavy atom. The van der Waals surface area contributed by atoms with E-state index in [9.17, 15) is 0 Å². The molecule has 0 saturated carbocycles. The quantitative estimate of drug-likeness (QED) is 0.913. The Morgan fingerprint density at radius 3 is 2.67 bits per heavy atom. The van der Waals surface area contributed by atoms with Gasteiger partial charge in [-0.05, 0) is 40.7 Å². The van der Waals surface area contributed by atoms with Crippen LogP contribution in [0.2, 0.25) is 0 Å². The maximum absolute atomic E-state index is 6.19. The van der Waals surface area contributed by atoms with Crippen molar-refractivity contribution in [2.24, 2.45) is 5.92 Å². The third kappa shape index (κ3) is 2.73. The first-order valence-corrected chi connectivity index (χ1v) is 7.30. The smallest absolute Gasteiger partial charge is 0.0916 e. The standard InChI is InChI=1S/C13H23N3OS/c1-6-14-11(10-8-15-18-16-10)9-7-12(2,3)17-13(9,4)5/h8-9,11,14H,6-7H2,1-5H3. The van der Waals surface area contributed by atoms with Gasteiger partial charge in [-0.3, -0.25) is 0 Å². The minimum atomic E-state index is -0.139. The van der Waals surface area contributed by atoms with Crippen molar-refractivity contribution in [2.75, 3.05) is 6.54 Å². The third-order valence-electron chi connectivity index (χ3n) is 3.67. The highest BCUT2D eigenvalue weighted by Gasteiger charge is 2.49. The highest BCUT2D eigenvalue weighted by Crippen LogP contribution is 2.47. The predicted octanol–water partition coefficient (Wildman–Crippen LogP) is 2.78. The molecule has 1 aliphatic rings. The molecule has 0 aromatic carbocycles. The monoisotopic (exact) mass is 269 g/mol. The Bertz CT molecular complexity index is 389. The Morgan fingerprint density at radius 2 is 2.22 bits per heavy atom. The number of hydrogen-bond donors (Lipinski definition) is 1. The molecule has 2 heterocycles. The molecular formula is C13H23N3OS. The van der Waals surface area contributed by atoms with Crippen LogP contribution in [0.15, 0.2) is 6.20 Å². The number of ether oxygens (including phenoxy) is 1. The molecule has 0 amide bonds. The van der Waals surface area contributed by atoms with Crippen LogP contribution in [0.5, 0.6) is 0 Å². The molecule has 4 nitrogen and oxygen atoms in total. The molecule has 2 rings (SSSR count). The summed E-state index contributed by atoms with van der Waals surface area (Å²) in [7, 11) is 0. The summed E-state index contributed by atoms with van der Waals surface area (Å²) in [5, 5.41) is 3.54. The van der Waals surface area contributed by atoms with E-state index < -0.39 is 0 Å². The molecule has 2 atom stereocenters. The molecule has 1 aliphatic heterocycles. The van der Waals surface area contributed by atoms with Gasteiger partial charge >= 0.3 is 0 Å². The van der Waals surface area contributed by atoms with E-state index in [4.69, 9.17) is 4.74 Å². The molecule has 1 N–H and O–H groups in total. The topological polar surface area (TPSA) is 47.0 Å². The summed E-state index contributed by atoms with van der Waals surface area (Å²) in [5.74, 6) is 0.413. The van der Waals surface area contributed by atoms with Crippen molar-refractivity contribution in [3.8, 4) is 0 Å². The SMILES string of the molecule is CCNC(c1cnsn1)C1CC(C)(C)OC1(C)C. The maximum Gasteiger partial charge on any atom is 0.0916 e. The van der Waals surface area contributed by atoms with E-state index in [1.165, 1.54) is 11.7 Å². The van der Waals surface area contributed by atoms with Crippen molar-refractivity contribution in [2.45, 2.75) is 58.3 Å². The number of nitrogens with one attached hydrogen (secondary N) is 1. The van der Waals surface area contributed by atoms with E-state index in [1.807, 2.05) is 6.20 Å². The molecule has 0 radical (unpaired) electrons. The molecule has 18 heavy (non-hydrogen) atoms. The summed E-state index contributed by atoms with van der Waals surface area (Å²) >= 11 is 1.27. The molecule has 0 bridgehead atoms. The van der Waals surface area contributed by atoms with Crippen molar-refractivity contribution >= 4 is 11.7 Å². The molecule has 0 spiro atoms. The van der Waals surface area contributed by atoms with E-state index in [1.54, 1.807) is 0 Å². The molecule has 102 valence electrons. The fraction of sp³-hybridized carbons (Fsp3) is 0.846. The highest BCUT2D eigenvalue weighted by molar-refractivity contribution is 6.99. The van der Waals surface area contributed by atoms with Crippen LogP contribution in [0.3, 0.4) is 0 Å². The zero-order valence-corrected chi connectivity index (χ0v) is 12.7.